The number of anilines is 4. The van der Waals surface area contributed by atoms with Gasteiger partial charge in [0.15, 0.2) is 12.3 Å². The van der Waals surface area contributed by atoms with Crippen LogP contribution in [0.5, 0.6) is 5.75 Å². The Morgan fingerprint density at radius 3 is 1.78 bits per heavy atom. The summed E-state index contributed by atoms with van der Waals surface area (Å²) >= 11 is 0. The molecule has 0 saturated heterocycles. The van der Waals surface area contributed by atoms with E-state index in [0.717, 1.165) is 75.0 Å². The van der Waals surface area contributed by atoms with E-state index in [1.165, 1.54) is 79.3 Å². The summed E-state index contributed by atoms with van der Waals surface area (Å²) in [7, 11) is -5.25. The SMILES string of the molecule is CCOc1ccc(Nc2ccc(C(=C3C=CC(=[N+](CC)Cc4cccc(S(=O)(=O)[O-])c4)C=C3C)c3ccc(N(CC)Cc4c[c-]ccc4)cc3C)cc2)cc1.CS(=O)(=O)[O-].Cc1ccc(C(=C2C(=[N+](C)c3ccccc3)C=Cc3ccccc32)c2ccc(N(C)C)cc2)cc1.O=S(=O)=O.[Na+]. The summed E-state index contributed by atoms with van der Waals surface area (Å²) in [4.78, 5) is 4.30. The van der Waals surface area contributed by atoms with Gasteiger partial charge in [0, 0.05) is 91.1 Å². The summed E-state index contributed by atoms with van der Waals surface area (Å²) in [6.45, 7) is 16.2. The molecule has 15 nitrogen and oxygen atoms in total. The Kier molecular flexibility index (Phi) is 28.6. The second-order valence-electron chi connectivity index (χ2n) is 23.7. The van der Waals surface area contributed by atoms with Crippen LogP contribution in [-0.4, -0.2) is 106 Å². The molecule has 0 amide bonds. The summed E-state index contributed by atoms with van der Waals surface area (Å²) in [5.74, 6) is 0.844. The van der Waals surface area contributed by atoms with Gasteiger partial charge in [-0.05, 0) is 189 Å². The van der Waals surface area contributed by atoms with E-state index in [9.17, 15) is 13.0 Å². The first kappa shape index (κ1) is 78.0. The van der Waals surface area contributed by atoms with Crippen LogP contribution in [0, 0.1) is 19.9 Å². The minimum Gasteiger partial charge on any atom is -0.748 e. The largest absolute Gasteiger partial charge is 1.00 e. The maximum atomic E-state index is 11.7. The van der Waals surface area contributed by atoms with Gasteiger partial charge >= 0.3 is 40.2 Å². The van der Waals surface area contributed by atoms with Crippen LogP contribution in [-0.2, 0) is 43.9 Å². The number of hydrogen-bond acceptors (Lipinski definition) is 13. The Labute approximate surface area is 613 Å². The molecule has 0 unspecified atom stereocenters. The number of ether oxygens (including phenoxy) is 1. The Bertz CT molecular complexity index is 4890. The molecular weight excluding hydrogens is 1320 g/mol. The first-order chi connectivity index (χ1) is 47.3. The number of rotatable bonds is 18. The van der Waals surface area contributed by atoms with Gasteiger partial charge in [-0.3, -0.25) is 0 Å². The van der Waals surface area contributed by atoms with Gasteiger partial charge in [0.05, 0.1) is 27.2 Å². The first-order valence-electron chi connectivity index (χ1n) is 32.2. The molecule has 510 valence electrons. The van der Waals surface area contributed by atoms with Crippen LogP contribution in [0.25, 0.3) is 22.8 Å². The number of para-hydroxylation sites is 1. The second kappa shape index (κ2) is 36.7. The molecule has 11 rings (SSSR count). The van der Waals surface area contributed by atoms with Gasteiger partial charge in [-0.2, -0.15) is 34.9 Å². The van der Waals surface area contributed by atoms with Gasteiger partial charge in [0.2, 0.25) is 11.4 Å². The number of benzene rings is 9. The standard InChI is InChI=1S/C47H48N3O4S.C33H31N2.CH4O3S.Na.O3S/c1-6-49(32-36-13-10-9-11-14-36)41-23-27-45(34(4)29-41)47(38-17-19-39(20-18-38)48-40-21-25-43(26-22-40)54-8-3)46-28-24-42(30-35(46)5)50(7-2)33-37-15-12-16-44(31-37)55(51,52)53;1-24-14-16-26(17-15-24)32(27-18-21-28(22-19-27)34(2)3)33-30-13-9-8-10-25(30)20-23-31(33)35(4)29-11-6-5-7-12-29;1-5(2,3)4;;1-4(2)3/h9-10,12-31H,6-8,32-33H2,1-5H3,(H,51,52,53);5-23H,1-4H3;1H3,(H,2,3,4);;/q-1;+1;;+1;/p-1. The molecule has 0 bridgehead atoms. The number of nitrogens with one attached hydrogen (secondary N) is 1. The van der Waals surface area contributed by atoms with E-state index >= 15 is 0 Å². The van der Waals surface area contributed by atoms with E-state index in [1.54, 1.807) is 6.07 Å². The van der Waals surface area contributed by atoms with E-state index in [1.807, 2.05) is 55.5 Å². The van der Waals surface area contributed by atoms with E-state index in [2.05, 4.69) is 268 Å². The number of hydrogen-bond donors (Lipinski definition) is 1. The Balaban J connectivity index is 0.000000266. The van der Waals surface area contributed by atoms with Crippen LogP contribution < -0.4 is 49.4 Å². The van der Waals surface area contributed by atoms with Gasteiger partial charge < -0.3 is 29.0 Å². The summed E-state index contributed by atoms with van der Waals surface area (Å²) in [5.41, 5.74) is 25.1. The molecule has 100 heavy (non-hydrogen) atoms. The topological polar surface area (TPSA) is 199 Å². The van der Waals surface area contributed by atoms with Crippen molar-refractivity contribution in [2.45, 2.75) is 59.5 Å². The second-order valence-corrected chi connectivity index (χ2v) is 26.9. The molecule has 2 aliphatic rings. The molecule has 0 saturated carbocycles. The molecule has 0 atom stereocenters. The van der Waals surface area contributed by atoms with Crippen molar-refractivity contribution in [1.82, 2.24) is 0 Å². The molecule has 0 aliphatic heterocycles. The van der Waals surface area contributed by atoms with E-state index in [-0.39, 0.29) is 34.5 Å². The number of allylic oxidation sites excluding steroid dienone is 7. The molecule has 0 heterocycles. The van der Waals surface area contributed by atoms with Crippen LogP contribution >= 0.6 is 0 Å². The minimum absolute atomic E-state index is 0. The predicted octanol–water partition coefficient (Wildman–Crippen LogP) is 12.5. The van der Waals surface area contributed by atoms with E-state index < -0.39 is 30.8 Å². The number of nitrogens with zero attached hydrogens (tertiary/aromatic N) is 4. The van der Waals surface area contributed by atoms with Crippen molar-refractivity contribution in [1.29, 1.82) is 0 Å². The van der Waals surface area contributed by atoms with Crippen molar-refractivity contribution in [3.8, 4) is 5.75 Å². The average Bonchev–Trinajstić information content (AvgIpc) is 0.762. The maximum absolute atomic E-state index is 11.7. The molecule has 19 heteroatoms. The third kappa shape index (κ3) is 22.1. The zero-order chi connectivity index (χ0) is 71.4. The fourth-order valence-electron chi connectivity index (χ4n) is 11.6. The van der Waals surface area contributed by atoms with Crippen molar-refractivity contribution < 1.29 is 82.0 Å². The summed E-state index contributed by atoms with van der Waals surface area (Å²) < 4.78 is 97.8. The monoisotopic (exact) mass is 1400 g/mol. The fourth-order valence-corrected chi connectivity index (χ4v) is 12.2. The molecular formula is C81H82N5NaO10S3. The van der Waals surface area contributed by atoms with Gasteiger partial charge in [-0.1, -0.05) is 115 Å². The van der Waals surface area contributed by atoms with Crippen molar-refractivity contribution in [3.63, 3.8) is 0 Å². The first-order valence-corrected chi connectivity index (χ1v) is 36.4. The average molecular weight is 1400 g/mol. The van der Waals surface area contributed by atoms with Crippen molar-refractivity contribution >= 4 is 93.5 Å². The predicted molar refractivity (Wildman–Crippen MR) is 399 cm³/mol. The van der Waals surface area contributed by atoms with Crippen LogP contribution in [0.1, 0.15) is 83.3 Å². The van der Waals surface area contributed by atoms with Gasteiger partial charge in [0.25, 0.3) is 0 Å². The quantitative estimate of drug-likeness (QED) is 0.0369. The normalized spacial score (nSPS) is 14.3. The van der Waals surface area contributed by atoms with Crippen molar-refractivity contribution in [2.24, 2.45) is 0 Å². The maximum Gasteiger partial charge on any atom is 1.00 e. The summed E-state index contributed by atoms with van der Waals surface area (Å²) in [5, 5.41) is 3.52. The van der Waals surface area contributed by atoms with E-state index in [0.29, 0.717) is 26.0 Å². The van der Waals surface area contributed by atoms with Crippen LogP contribution in [0.2, 0.25) is 0 Å². The zero-order valence-electron chi connectivity index (χ0n) is 58.3. The Morgan fingerprint density at radius 2 is 1.21 bits per heavy atom. The molecule has 0 fully saturated rings. The molecule has 0 aromatic heterocycles. The molecule has 0 radical (unpaired) electrons. The molecule has 0 spiro atoms. The minimum atomic E-state index is -4.54. The molecule has 2 aliphatic carbocycles. The smallest absolute Gasteiger partial charge is 0.748 e. The van der Waals surface area contributed by atoms with Crippen LogP contribution in [0.4, 0.5) is 28.4 Å². The third-order valence-electron chi connectivity index (χ3n) is 16.5. The number of aryl methyl sites for hydroxylation is 2. The number of fused-ring (bicyclic) bond motifs is 1. The van der Waals surface area contributed by atoms with Crippen LogP contribution in [0.3, 0.4) is 0 Å². The Morgan fingerprint density at radius 1 is 0.630 bits per heavy atom. The van der Waals surface area contributed by atoms with Crippen molar-refractivity contribution in [3.05, 3.63) is 316 Å². The molecule has 9 aromatic rings. The summed E-state index contributed by atoms with van der Waals surface area (Å²) in [6.07, 6.45) is 11.6. The summed E-state index contributed by atoms with van der Waals surface area (Å²) in [6, 6.07) is 78.0. The third-order valence-corrected chi connectivity index (χ3v) is 17.3. The van der Waals surface area contributed by atoms with E-state index in [4.69, 9.17) is 30.3 Å². The van der Waals surface area contributed by atoms with Gasteiger partial charge in [0.1, 0.15) is 29.5 Å². The van der Waals surface area contributed by atoms with Crippen LogP contribution in [0.15, 0.2) is 259 Å². The van der Waals surface area contributed by atoms with Gasteiger partial charge in [-0.15, -0.1) is 18.2 Å². The molecule has 1 N–H and O–H groups in total. The van der Waals surface area contributed by atoms with Crippen molar-refractivity contribution in [2.75, 3.05) is 62.2 Å². The Hall–Kier alpha value is -9.34. The fraction of sp³-hybridized carbons (Fsp3) is 0.185. The zero-order valence-corrected chi connectivity index (χ0v) is 62.8. The van der Waals surface area contributed by atoms with Gasteiger partial charge in [-0.25, -0.2) is 21.4 Å². The molecule has 9 aromatic carbocycles.